The molecule has 1 unspecified atom stereocenters. The first-order chi connectivity index (χ1) is 14.0. The van der Waals surface area contributed by atoms with Gasteiger partial charge in [0.2, 0.25) is 5.91 Å². The van der Waals surface area contributed by atoms with Crippen LogP contribution in [0.5, 0.6) is 0 Å². The van der Waals surface area contributed by atoms with Crippen LogP contribution in [0.15, 0.2) is 22.7 Å². The Morgan fingerprint density at radius 1 is 1.21 bits per heavy atom. The zero-order valence-corrected chi connectivity index (χ0v) is 19.5. The first-order valence-corrected chi connectivity index (χ1v) is 12.3. The Hall–Kier alpha value is -0.910. The molecular formula is C24H36BrN3O. The van der Waals surface area contributed by atoms with Gasteiger partial charge in [-0.15, -0.1) is 0 Å². The van der Waals surface area contributed by atoms with Gasteiger partial charge in [0.15, 0.2) is 0 Å². The molecule has 3 N–H and O–H groups in total. The van der Waals surface area contributed by atoms with Crippen LogP contribution < -0.4 is 11.1 Å². The molecule has 2 heterocycles. The summed E-state index contributed by atoms with van der Waals surface area (Å²) in [5, 5.41) is 3.45. The third-order valence-corrected chi connectivity index (χ3v) is 8.38. The number of hydrogen-bond acceptors (Lipinski definition) is 3. The van der Waals surface area contributed by atoms with E-state index in [0.717, 1.165) is 42.2 Å². The predicted molar refractivity (Wildman–Crippen MR) is 122 cm³/mol. The molecule has 1 saturated carbocycles. The van der Waals surface area contributed by atoms with Crippen LogP contribution in [0.25, 0.3) is 0 Å². The van der Waals surface area contributed by atoms with E-state index in [4.69, 9.17) is 5.73 Å². The summed E-state index contributed by atoms with van der Waals surface area (Å²) in [6.07, 6.45) is 6.75. The van der Waals surface area contributed by atoms with Crippen LogP contribution >= 0.6 is 15.9 Å². The van der Waals surface area contributed by atoms with E-state index in [2.05, 4.69) is 58.2 Å². The van der Waals surface area contributed by atoms with Gasteiger partial charge in [-0.25, -0.2) is 0 Å². The third kappa shape index (κ3) is 3.79. The van der Waals surface area contributed by atoms with Gasteiger partial charge in [-0.1, -0.05) is 35.8 Å². The molecule has 1 amide bonds. The number of carbonyl (C=O) groups excluding carboxylic acids is 1. The molecule has 1 saturated heterocycles. The molecule has 2 aliphatic heterocycles. The minimum absolute atomic E-state index is 0.173. The Morgan fingerprint density at radius 3 is 2.52 bits per heavy atom. The Bertz CT molecular complexity index is 736. The number of benzene rings is 1. The number of carbonyl (C=O) groups is 1. The summed E-state index contributed by atoms with van der Waals surface area (Å²) in [5.41, 5.74) is 8.32. The van der Waals surface area contributed by atoms with Crippen LogP contribution in [0.2, 0.25) is 0 Å². The van der Waals surface area contributed by atoms with Crippen molar-refractivity contribution >= 4 is 21.8 Å². The van der Waals surface area contributed by atoms with E-state index >= 15 is 0 Å². The second-order valence-corrected chi connectivity index (χ2v) is 10.6. The van der Waals surface area contributed by atoms with Crippen LogP contribution in [0.1, 0.15) is 69.5 Å². The van der Waals surface area contributed by atoms with Crippen molar-refractivity contribution in [2.75, 3.05) is 26.2 Å². The number of rotatable bonds is 4. The molecule has 3 aliphatic rings. The molecule has 1 aromatic carbocycles. The lowest BCUT2D eigenvalue weighted by Crippen LogP contribution is -2.58. The Balaban J connectivity index is 1.76. The average Bonchev–Trinajstić information content (AvgIpc) is 2.73. The first kappa shape index (κ1) is 21.3. The lowest BCUT2D eigenvalue weighted by molar-refractivity contribution is -0.145. The smallest absolute Gasteiger partial charge is 0.233 e. The number of hydrogen-bond donors (Lipinski definition) is 2. The van der Waals surface area contributed by atoms with Crippen molar-refractivity contribution in [2.45, 2.75) is 63.8 Å². The van der Waals surface area contributed by atoms with Gasteiger partial charge in [0.25, 0.3) is 0 Å². The SMILES string of the molecule is CC(C)C1CCC(C2c3cc(Br)ccc3C3(CCNCC3)C(=O)N2CCN)CC1. The molecule has 4 rings (SSSR count). The van der Waals surface area contributed by atoms with Crippen molar-refractivity contribution in [3.63, 3.8) is 0 Å². The van der Waals surface area contributed by atoms with E-state index in [9.17, 15) is 4.79 Å². The highest BCUT2D eigenvalue weighted by Gasteiger charge is 2.52. The molecule has 1 aliphatic carbocycles. The van der Waals surface area contributed by atoms with E-state index in [1.54, 1.807) is 0 Å². The van der Waals surface area contributed by atoms with E-state index in [1.165, 1.54) is 36.8 Å². The third-order valence-electron chi connectivity index (χ3n) is 7.89. The number of nitrogens with one attached hydrogen (secondary N) is 1. The molecule has 5 heteroatoms. The summed E-state index contributed by atoms with van der Waals surface area (Å²) >= 11 is 3.72. The molecule has 1 aromatic rings. The van der Waals surface area contributed by atoms with Gasteiger partial charge in [0.1, 0.15) is 0 Å². The summed E-state index contributed by atoms with van der Waals surface area (Å²) in [6, 6.07) is 6.83. The van der Waals surface area contributed by atoms with Gasteiger partial charge in [0.05, 0.1) is 11.5 Å². The lowest BCUT2D eigenvalue weighted by atomic mass is 9.64. The summed E-state index contributed by atoms with van der Waals surface area (Å²) in [7, 11) is 0. The van der Waals surface area contributed by atoms with Crippen LogP contribution in [0.3, 0.4) is 0 Å². The Kier molecular flexibility index (Phi) is 6.38. The van der Waals surface area contributed by atoms with Crippen molar-refractivity contribution in [2.24, 2.45) is 23.5 Å². The molecule has 4 nitrogen and oxygen atoms in total. The van der Waals surface area contributed by atoms with Gasteiger partial charge < -0.3 is 16.0 Å². The summed E-state index contributed by atoms with van der Waals surface area (Å²) in [4.78, 5) is 16.2. The zero-order valence-electron chi connectivity index (χ0n) is 17.9. The van der Waals surface area contributed by atoms with Crippen molar-refractivity contribution in [1.29, 1.82) is 0 Å². The quantitative estimate of drug-likeness (QED) is 0.699. The van der Waals surface area contributed by atoms with Crippen molar-refractivity contribution in [1.82, 2.24) is 10.2 Å². The van der Waals surface area contributed by atoms with Gasteiger partial charge in [-0.05, 0) is 92.6 Å². The van der Waals surface area contributed by atoms with Crippen molar-refractivity contribution in [3.05, 3.63) is 33.8 Å². The number of fused-ring (bicyclic) bond motifs is 2. The van der Waals surface area contributed by atoms with Crippen LogP contribution in [-0.4, -0.2) is 37.0 Å². The molecule has 0 bridgehead atoms. The topological polar surface area (TPSA) is 58.4 Å². The molecule has 0 radical (unpaired) electrons. The normalized spacial score (nSPS) is 29.3. The Labute approximate surface area is 184 Å². The molecule has 29 heavy (non-hydrogen) atoms. The van der Waals surface area contributed by atoms with Gasteiger partial charge in [-0.3, -0.25) is 4.79 Å². The molecule has 0 aromatic heterocycles. The second kappa shape index (κ2) is 8.68. The van der Waals surface area contributed by atoms with Gasteiger partial charge >= 0.3 is 0 Å². The zero-order chi connectivity index (χ0) is 20.6. The molecule has 160 valence electrons. The average molecular weight is 462 g/mol. The number of nitrogens with two attached hydrogens (primary N) is 1. The fourth-order valence-corrected chi connectivity index (χ4v) is 6.63. The minimum atomic E-state index is -0.373. The summed E-state index contributed by atoms with van der Waals surface area (Å²) in [5.74, 6) is 2.44. The van der Waals surface area contributed by atoms with Crippen molar-refractivity contribution in [3.8, 4) is 0 Å². The molecule has 2 fully saturated rings. The highest BCUT2D eigenvalue weighted by atomic mass is 79.9. The molecular weight excluding hydrogens is 426 g/mol. The summed E-state index contributed by atoms with van der Waals surface area (Å²) < 4.78 is 1.11. The minimum Gasteiger partial charge on any atom is -0.333 e. The van der Waals surface area contributed by atoms with E-state index in [0.29, 0.717) is 24.9 Å². The van der Waals surface area contributed by atoms with E-state index < -0.39 is 0 Å². The number of amides is 1. The maximum Gasteiger partial charge on any atom is 0.233 e. The molecule has 1 atom stereocenters. The maximum atomic E-state index is 14.0. The second-order valence-electron chi connectivity index (χ2n) is 9.71. The predicted octanol–water partition coefficient (Wildman–Crippen LogP) is 4.37. The molecule has 1 spiro atoms. The highest BCUT2D eigenvalue weighted by Crippen LogP contribution is 2.51. The van der Waals surface area contributed by atoms with Crippen LogP contribution in [0.4, 0.5) is 0 Å². The van der Waals surface area contributed by atoms with Gasteiger partial charge in [0, 0.05) is 17.6 Å². The number of piperidine rings is 1. The standard InChI is InChI=1S/C24H36BrN3O/c1-16(2)17-3-5-18(6-4-17)22-20-15-19(25)7-8-21(20)24(9-12-27-13-10-24)23(29)28(22)14-11-26/h7-8,15-18,22,27H,3-6,9-14,26H2,1-2H3. The Morgan fingerprint density at radius 2 is 1.90 bits per heavy atom. The van der Waals surface area contributed by atoms with Crippen LogP contribution in [0, 0.1) is 17.8 Å². The van der Waals surface area contributed by atoms with Gasteiger partial charge in [-0.2, -0.15) is 0 Å². The maximum absolute atomic E-state index is 14.0. The highest BCUT2D eigenvalue weighted by molar-refractivity contribution is 9.10. The monoisotopic (exact) mass is 461 g/mol. The van der Waals surface area contributed by atoms with E-state index in [-0.39, 0.29) is 11.5 Å². The number of halogens is 1. The summed E-state index contributed by atoms with van der Waals surface area (Å²) in [6.45, 7) is 7.70. The van der Waals surface area contributed by atoms with E-state index in [1.807, 2.05) is 0 Å². The van der Waals surface area contributed by atoms with Crippen molar-refractivity contribution < 1.29 is 4.79 Å². The largest absolute Gasteiger partial charge is 0.333 e. The fourth-order valence-electron chi connectivity index (χ4n) is 6.25. The number of nitrogens with zero attached hydrogens (tertiary/aromatic N) is 1. The lowest BCUT2D eigenvalue weighted by Gasteiger charge is -2.52. The fraction of sp³-hybridized carbons (Fsp3) is 0.708. The first-order valence-electron chi connectivity index (χ1n) is 11.5. The van der Waals surface area contributed by atoms with Crippen LogP contribution in [-0.2, 0) is 10.2 Å².